The number of rotatable bonds is 8. The Bertz CT molecular complexity index is 1010. The number of oxime groups is 1. The van der Waals surface area contributed by atoms with E-state index in [1.54, 1.807) is 12.1 Å². The molecule has 0 radical (unpaired) electrons. The number of carbonyl (C=O) groups is 1. The van der Waals surface area contributed by atoms with Crippen molar-refractivity contribution in [2.24, 2.45) is 10.6 Å². The molecule has 2 aliphatic rings. The Kier molecular flexibility index (Phi) is 6.41. The number of benzene rings is 1. The highest BCUT2D eigenvalue weighted by Crippen LogP contribution is 2.39. The molecule has 1 atom stereocenters. The number of carboxylic acids is 1. The standard InChI is InChI=1S/C24H29FN4O3/c1-3-10-29-16-19(17(2)26-29)15-28-11-8-24(9-12-28,23(30)31)14-21-13-22(27-32-21)18-4-6-20(25)7-5-18/h3-7,16,21H,1,8-15H2,2H3,(H,30,31). The van der Waals surface area contributed by atoms with Crippen LogP contribution in [0.25, 0.3) is 0 Å². The molecular formula is C24H29FN4O3. The maximum absolute atomic E-state index is 13.2. The fraction of sp³-hybridized carbons (Fsp3) is 0.458. The van der Waals surface area contributed by atoms with Crippen LogP contribution in [-0.2, 0) is 22.7 Å². The lowest BCUT2D eigenvalue weighted by atomic mass is 9.73. The number of carboxylic acid groups (broad SMARTS) is 1. The van der Waals surface area contributed by atoms with Gasteiger partial charge in [0, 0.05) is 31.1 Å². The van der Waals surface area contributed by atoms with Crippen molar-refractivity contribution in [1.82, 2.24) is 14.7 Å². The summed E-state index contributed by atoms with van der Waals surface area (Å²) in [5.41, 5.74) is 2.87. The van der Waals surface area contributed by atoms with Gasteiger partial charge in [0.2, 0.25) is 0 Å². The van der Waals surface area contributed by atoms with E-state index >= 15 is 0 Å². The number of halogens is 1. The maximum Gasteiger partial charge on any atom is 0.309 e. The predicted molar refractivity (Wildman–Crippen MR) is 119 cm³/mol. The van der Waals surface area contributed by atoms with Gasteiger partial charge in [0.1, 0.15) is 11.9 Å². The van der Waals surface area contributed by atoms with Gasteiger partial charge in [-0.05, 0) is 50.6 Å². The van der Waals surface area contributed by atoms with Gasteiger partial charge in [-0.1, -0.05) is 23.4 Å². The summed E-state index contributed by atoms with van der Waals surface area (Å²) in [6.07, 6.45) is 5.65. The Morgan fingerprint density at radius 1 is 1.34 bits per heavy atom. The van der Waals surface area contributed by atoms with Gasteiger partial charge in [0.25, 0.3) is 0 Å². The SMILES string of the molecule is C=CCn1cc(CN2CCC(CC3CC(c4ccc(F)cc4)=NO3)(C(=O)O)CC2)c(C)n1. The maximum atomic E-state index is 13.2. The number of nitrogens with zero attached hydrogens (tertiary/aromatic N) is 4. The van der Waals surface area contributed by atoms with Gasteiger partial charge >= 0.3 is 5.97 Å². The summed E-state index contributed by atoms with van der Waals surface area (Å²) in [6, 6.07) is 6.13. The average Bonchev–Trinajstić information content (AvgIpc) is 3.37. The Morgan fingerprint density at radius 3 is 2.72 bits per heavy atom. The third kappa shape index (κ3) is 4.75. The van der Waals surface area contributed by atoms with Gasteiger partial charge in [-0.15, -0.1) is 6.58 Å². The zero-order valence-corrected chi connectivity index (χ0v) is 18.3. The molecule has 1 aromatic carbocycles. The second-order valence-electron chi connectivity index (χ2n) is 8.79. The van der Waals surface area contributed by atoms with Gasteiger partial charge in [-0.3, -0.25) is 14.4 Å². The molecule has 0 spiro atoms. The summed E-state index contributed by atoms with van der Waals surface area (Å²) in [5, 5.41) is 18.7. The van der Waals surface area contributed by atoms with Crippen LogP contribution in [0.2, 0.25) is 0 Å². The molecule has 1 N–H and O–H groups in total. The average molecular weight is 441 g/mol. The third-order valence-electron chi connectivity index (χ3n) is 6.55. The number of aryl methyl sites for hydroxylation is 1. The molecule has 1 saturated heterocycles. The van der Waals surface area contributed by atoms with Crippen molar-refractivity contribution < 1.29 is 19.1 Å². The van der Waals surface area contributed by atoms with Crippen LogP contribution in [0.5, 0.6) is 0 Å². The summed E-state index contributed by atoms with van der Waals surface area (Å²) in [5.74, 6) is -1.07. The molecule has 2 aromatic rings. The number of likely N-dealkylation sites (tertiary alicyclic amines) is 1. The second-order valence-corrected chi connectivity index (χ2v) is 8.79. The number of hydrogen-bond donors (Lipinski definition) is 1. The minimum absolute atomic E-state index is 0.280. The fourth-order valence-corrected chi connectivity index (χ4v) is 4.61. The fourth-order valence-electron chi connectivity index (χ4n) is 4.61. The Hall–Kier alpha value is -3.00. The van der Waals surface area contributed by atoms with Crippen molar-refractivity contribution in [3.63, 3.8) is 0 Å². The van der Waals surface area contributed by atoms with Gasteiger partial charge in [0.05, 0.1) is 23.4 Å². The molecule has 0 saturated carbocycles. The lowest BCUT2D eigenvalue weighted by Gasteiger charge is -2.39. The highest BCUT2D eigenvalue weighted by molar-refractivity contribution is 6.01. The molecule has 7 nitrogen and oxygen atoms in total. The second kappa shape index (κ2) is 9.24. The smallest absolute Gasteiger partial charge is 0.309 e. The number of piperidine rings is 1. The number of hydrogen-bond acceptors (Lipinski definition) is 5. The minimum Gasteiger partial charge on any atom is -0.481 e. The van der Waals surface area contributed by atoms with Crippen molar-refractivity contribution in [3.05, 3.63) is 65.8 Å². The van der Waals surface area contributed by atoms with E-state index in [0.29, 0.717) is 45.3 Å². The van der Waals surface area contributed by atoms with Crippen LogP contribution in [0.4, 0.5) is 4.39 Å². The molecule has 2 aliphatic heterocycles. The summed E-state index contributed by atoms with van der Waals surface area (Å²) in [4.78, 5) is 20.2. The molecule has 0 aliphatic carbocycles. The summed E-state index contributed by atoms with van der Waals surface area (Å²) >= 11 is 0. The molecule has 8 heteroatoms. The lowest BCUT2D eigenvalue weighted by molar-refractivity contribution is -0.155. The van der Waals surface area contributed by atoms with Gasteiger partial charge in [0.15, 0.2) is 0 Å². The number of allylic oxidation sites excluding steroid dienone is 1. The zero-order chi connectivity index (χ0) is 22.7. The van der Waals surface area contributed by atoms with Crippen LogP contribution in [0.15, 0.2) is 48.3 Å². The van der Waals surface area contributed by atoms with Crippen LogP contribution in [0.3, 0.4) is 0 Å². The van der Waals surface area contributed by atoms with Crippen LogP contribution in [-0.4, -0.2) is 50.7 Å². The first-order valence-electron chi connectivity index (χ1n) is 11.0. The van der Waals surface area contributed by atoms with Crippen molar-refractivity contribution in [1.29, 1.82) is 0 Å². The molecule has 4 rings (SSSR count). The van der Waals surface area contributed by atoms with E-state index in [4.69, 9.17) is 4.84 Å². The monoisotopic (exact) mass is 440 g/mol. The molecular weight excluding hydrogens is 411 g/mol. The largest absolute Gasteiger partial charge is 0.481 e. The van der Waals surface area contributed by atoms with Crippen molar-refractivity contribution in [2.45, 2.75) is 51.8 Å². The summed E-state index contributed by atoms with van der Waals surface area (Å²) in [7, 11) is 0. The van der Waals surface area contributed by atoms with Gasteiger partial charge in [-0.2, -0.15) is 5.10 Å². The summed E-state index contributed by atoms with van der Waals surface area (Å²) < 4.78 is 15.1. The topological polar surface area (TPSA) is 80.0 Å². The Morgan fingerprint density at radius 2 is 2.06 bits per heavy atom. The first-order chi connectivity index (χ1) is 15.4. The first kappa shape index (κ1) is 22.2. The molecule has 170 valence electrons. The van der Waals surface area contributed by atoms with E-state index in [-0.39, 0.29) is 11.9 Å². The minimum atomic E-state index is -0.822. The number of aromatic nitrogens is 2. The molecule has 32 heavy (non-hydrogen) atoms. The molecule has 1 unspecified atom stereocenters. The van der Waals surface area contributed by atoms with E-state index in [9.17, 15) is 14.3 Å². The quantitative estimate of drug-likeness (QED) is 0.632. The van der Waals surface area contributed by atoms with E-state index < -0.39 is 11.4 Å². The van der Waals surface area contributed by atoms with Gasteiger partial charge < -0.3 is 9.94 Å². The summed E-state index contributed by atoms with van der Waals surface area (Å²) in [6.45, 7) is 8.59. The van der Waals surface area contributed by atoms with E-state index in [1.165, 1.54) is 12.1 Å². The highest BCUT2D eigenvalue weighted by atomic mass is 19.1. The van der Waals surface area contributed by atoms with E-state index in [2.05, 4.69) is 21.7 Å². The molecule has 3 heterocycles. The molecule has 1 fully saturated rings. The van der Waals surface area contributed by atoms with Crippen molar-refractivity contribution in [3.8, 4) is 0 Å². The first-order valence-corrected chi connectivity index (χ1v) is 11.0. The van der Waals surface area contributed by atoms with Crippen LogP contribution >= 0.6 is 0 Å². The van der Waals surface area contributed by atoms with E-state index in [1.807, 2.05) is 23.9 Å². The number of aliphatic carboxylic acids is 1. The molecule has 1 aromatic heterocycles. The van der Waals surface area contributed by atoms with Gasteiger partial charge in [-0.25, -0.2) is 4.39 Å². The van der Waals surface area contributed by atoms with Crippen LogP contribution < -0.4 is 0 Å². The van der Waals surface area contributed by atoms with E-state index in [0.717, 1.165) is 29.1 Å². The van der Waals surface area contributed by atoms with Crippen LogP contribution in [0, 0.1) is 18.2 Å². The Balaban J connectivity index is 1.35. The third-order valence-corrected chi connectivity index (χ3v) is 6.55. The Labute approximate surface area is 187 Å². The highest BCUT2D eigenvalue weighted by Gasteiger charge is 2.45. The predicted octanol–water partition coefficient (Wildman–Crippen LogP) is 3.77. The molecule has 0 amide bonds. The van der Waals surface area contributed by atoms with Crippen LogP contribution in [0.1, 0.15) is 42.5 Å². The molecule has 0 bridgehead atoms. The van der Waals surface area contributed by atoms with Crippen molar-refractivity contribution >= 4 is 11.7 Å². The lowest BCUT2D eigenvalue weighted by Crippen LogP contribution is -2.45. The normalized spacial score (nSPS) is 20.6. The van der Waals surface area contributed by atoms with Crippen molar-refractivity contribution in [2.75, 3.05) is 13.1 Å². The zero-order valence-electron chi connectivity index (χ0n) is 18.3.